The van der Waals surface area contributed by atoms with Crippen LogP contribution >= 0.6 is 0 Å². The summed E-state index contributed by atoms with van der Waals surface area (Å²) >= 11 is 0. The van der Waals surface area contributed by atoms with E-state index in [2.05, 4.69) is 37.7 Å². The highest BCUT2D eigenvalue weighted by atomic mass is 28.3. The van der Waals surface area contributed by atoms with Gasteiger partial charge in [0.05, 0.1) is 5.57 Å². The summed E-state index contributed by atoms with van der Waals surface area (Å²) in [4.78, 5) is 11.7. The first kappa shape index (κ1) is 15.3. The predicted octanol–water partition coefficient (Wildman–Crippen LogP) is 3.51. The standard InChI is InChI=1S/C16H20O2Si/c1-14(15-10-6-5-7-11-15)16(17)18-12-8-9-13-19(2,3)4/h5-7,10-11H,1,8,12H2,2-4H3. The maximum Gasteiger partial charge on any atom is 0.338 e. The highest BCUT2D eigenvalue weighted by molar-refractivity contribution is 6.83. The van der Waals surface area contributed by atoms with Gasteiger partial charge in [0.25, 0.3) is 0 Å². The lowest BCUT2D eigenvalue weighted by Gasteiger charge is -2.06. The van der Waals surface area contributed by atoms with Crippen LogP contribution in [0.15, 0.2) is 36.9 Å². The number of hydrogen-bond acceptors (Lipinski definition) is 2. The first-order valence-electron chi connectivity index (χ1n) is 6.31. The van der Waals surface area contributed by atoms with Crippen LogP contribution in [0.5, 0.6) is 0 Å². The third kappa shape index (κ3) is 6.07. The topological polar surface area (TPSA) is 26.3 Å². The van der Waals surface area contributed by atoms with Gasteiger partial charge in [-0.15, -0.1) is 11.5 Å². The second kappa shape index (κ2) is 6.96. The van der Waals surface area contributed by atoms with E-state index in [1.807, 2.05) is 30.3 Å². The molecule has 19 heavy (non-hydrogen) atoms. The Balaban J connectivity index is 2.40. The zero-order valence-corrected chi connectivity index (χ0v) is 12.8. The van der Waals surface area contributed by atoms with E-state index in [1.54, 1.807) is 0 Å². The fourth-order valence-electron chi connectivity index (χ4n) is 1.37. The number of benzene rings is 1. The van der Waals surface area contributed by atoms with Crippen molar-refractivity contribution in [1.29, 1.82) is 0 Å². The van der Waals surface area contributed by atoms with E-state index >= 15 is 0 Å². The minimum atomic E-state index is -1.33. The third-order valence-corrected chi connectivity index (χ3v) is 3.22. The number of hydrogen-bond donors (Lipinski definition) is 0. The summed E-state index contributed by atoms with van der Waals surface area (Å²) in [6.07, 6.45) is 0.581. The van der Waals surface area contributed by atoms with Gasteiger partial charge < -0.3 is 4.74 Å². The molecule has 0 amide bonds. The van der Waals surface area contributed by atoms with Crippen LogP contribution in [0.3, 0.4) is 0 Å². The highest BCUT2D eigenvalue weighted by Gasteiger charge is 2.10. The molecule has 0 aliphatic carbocycles. The number of carbonyl (C=O) groups is 1. The van der Waals surface area contributed by atoms with Crippen molar-refractivity contribution < 1.29 is 9.53 Å². The molecule has 2 nitrogen and oxygen atoms in total. The van der Waals surface area contributed by atoms with Crippen molar-refractivity contribution in [3.05, 3.63) is 42.5 Å². The van der Waals surface area contributed by atoms with E-state index < -0.39 is 8.07 Å². The first-order chi connectivity index (χ1) is 8.90. The molecule has 1 aromatic carbocycles. The highest BCUT2D eigenvalue weighted by Crippen LogP contribution is 2.13. The molecule has 0 aromatic heterocycles. The van der Waals surface area contributed by atoms with Gasteiger partial charge in [0, 0.05) is 6.42 Å². The second-order valence-electron chi connectivity index (χ2n) is 5.28. The molecule has 0 aliphatic rings. The van der Waals surface area contributed by atoms with Crippen LogP contribution in [0.1, 0.15) is 12.0 Å². The van der Waals surface area contributed by atoms with Gasteiger partial charge >= 0.3 is 5.97 Å². The average molecular weight is 272 g/mol. The normalized spacial score (nSPS) is 10.3. The SMILES string of the molecule is C=C(C(=O)OCCC#C[Si](C)(C)C)c1ccccc1. The van der Waals surface area contributed by atoms with E-state index in [0.29, 0.717) is 18.6 Å². The molecular weight excluding hydrogens is 252 g/mol. The Morgan fingerprint density at radius 3 is 2.47 bits per heavy atom. The molecule has 0 fully saturated rings. The smallest absolute Gasteiger partial charge is 0.338 e. The van der Waals surface area contributed by atoms with Crippen LogP contribution in [-0.2, 0) is 9.53 Å². The molecule has 0 bridgehead atoms. The van der Waals surface area contributed by atoms with E-state index in [0.717, 1.165) is 5.56 Å². The number of carbonyl (C=O) groups excluding carboxylic acids is 1. The Kier molecular flexibility index (Phi) is 5.59. The summed E-state index contributed by atoms with van der Waals surface area (Å²) in [5.74, 6) is 2.69. The Labute approximate surface area is 116 Å². The van der Waals surface area contributed by atoms with E-state index in [4.69, 9.17) is 4.74 Å². The molecule has 0 atom stereocenters. The Morgan fingerprint density at radius 1 is 1.26 bits per heavy atom. The monoisotopic (exact) mass is 272 g/mol. The molecule has 0 unspecified atom stereocenters. The van der Waals surface area contributed by atoms with E-state index in [9.17, 15) is 4.79 Å². The van der Waals surface area contributed by atoms with Crippen molar-refractivity contribution in [2.45, 2.75) is 26.1 Å². The maximum atomic E-state index is 11.7. The fourth-order valence-corrected chi connectivity index (χ4v) is 2.02. The van der Waals surface area contributed by atoms with Crippen molar-refractivity contribution >= 4 is 19.6 Å². The lowest BCUT2D eigenvalue weighted by atomic mass is 10.1. The summed E-state index contributed by atoms with van der Waals surface area (Å²) < 4.78 is 5.15. The minimum Gasteiger partial charge on any atom is -0.461 e. The van der Waals surface area contributed by atoms with Crippen LogP contribution in [0, 0.1) is 11.5 Å². The summed E-state index contributed by atoms with van der Waals surface area (Å²) in [6.45, 7) is 10.6. The van der Waals surface area contributed by atoms with Gasteiger partial charge in [0.2, 0.25) is 0 Å². The molecule has 0 N–H and O–H groups in total. The van der Waals surface area contributed by atoms with Crippen LogP contribution < -0.4 is 0 Å². The molecular formula is C16H20O2Si. The Morgan fingerprint density at radius 2 is 1.89 bits per heavy atom. The van der Waals surface area contributed by atoms with Crippen molar-refractivity contribution in [3.63, 3.8) is 0 Å². The minimum absolute atomic E-state index is 0.322. The van der Waals surface area contributed by atoms with Crippen LogP contribution in [0.2, 0.25) is 19.6 Å². The van der Waals surface area contributed by atoms with Crippen molar-refractivity contribution in [2.24, 2.45) is 0 Å². The van der Waals surface area contributed by atoms with Crippen molar-refractivity contribution in [1.82, 2.24) is 0 Å². The third-order valence-electron chi connectivity index (χ3n) is 2.29. The second-order valence-corrected chi connectivity index (χ2v) is 10.0. The van der Waals surface area contributed by atoms with Crippen LogP contribution in [-0.4, -0.2) is 20.7 Å². The lowest BCUT2D eigenvalue weighted by molar-refractivity contribution is -0.136. The largest absolute Gasteiger partial charge is 0.461 e. The molecule has 0 aliphatic heterocycles. The Hall–Kier alpha value is -1.79. The molecule has 1 aromatic rings. The summed E-state index contributed by atoms with van der Waals surface area (Å²) in [7, 11) is -1.33. The Bertz CT molecular complexity index is 501. The van der Waals surface area contributed by atoms with Gasteiger partial charge in [-0.3, -0.25) is 0 Å². The number of ether oxygens (including phenoxy) is 1. The molecule has 100 valence electrons. The molecule has 0 spiro atoms. The molecule has 0 radical (unpaired) electrons. The summed E-state index contributed by atoms with van der Waals surface area (Å²) in [6, 6.07) is 9.32. The molecule has 3 heteroatoms. The van der Waals surface area contributed by atoms with Gasteiger partial charge in [-0.25, -0.2) is 4.79 Å². The van der Waals surface area contributed by atoms with Gasteiger partial charge in [0.15, 0.2) is 0 Å². The lowest BCUT2D eigenvalue weighted by Crippen LogP contribution is -2.16. The van der Waals surface area contributed by atoms with Crippen LogP contribution in [0.4, 0.5) is 0 Å². The van der Waals surface area contributed by atoms with Gasteiger partial charge in [-0.05, 0) is 5.56 Å². The number of rotatable bonds is 4. The molecule has 0 saturated carbocycles. The molecule has 1 rings (SSSR count). The van der Waals surface area contributed by atoms with E-state index in [1.165, 1.54) is 0 Å². The maximum absolute atomic E-state index is 11.7. The molecule has 0 saturated heterocycles. The van der Waals surface area contributed by atoms with Gasteiger partial charge in [-0.1, -0.05) is 56.6 Å². The first-order valence-corrected chi connectivity index (χ1v) is 9.81. The predicted molar refractivity (Wildman–Crippen MR) is 82.2 cm³/mol. The fraction of sp³-hybridized carbons (Fsp3) is 0.312. The summed E-state index contributed by atoms with van der Waals surface area (Å²) in [5, 5.41) is 0. The van der Waals surface area contributed by atoms with E-state index in [-0.39, 0.29) is 5.97 Å². The number of esters is 1. The van der Waals surface area contributed by atoms with Gasteiger partial charge in [0.1, 0.15) is 14.7 Å². The average Bonchev–Trinajstić information content (AvgIpc) is 2.37. The van der Waals surface area contributed by atoms with Crippen molar-refractivity contribution in [2.75, 3.05) is 6.61 Å². The quantitative estimate of drug-likeness (QED) is 0.276. The molecule has 0 heterocycles. The van der Waals surface area contributed by atoms with Crippen molar-refractivity contribution in [3.8, 4) is 11.5 Å². The van der Waals surface area contributed by atoms with Crippen LogP contribution in [0.25, 0.3) is 5.57 Å². The van der Waals surface area contributed by atoms with Gasteiger partial charge in [-0.2, -0.15) is 0 Å². The zero-order valence-electron chi connectivity index (χ0n) is 11.8. The zero-order chi connectivity index (χ0) is 14.3. The summed E-state index contributed by atoms with van der Waals surface area (Å²) in [5.41, 5.74) is 4.41.